The van der Waals surface area contributed by atoms with Crippen LogP contribution in [0.2, 0.25) is 0 Å². The van der Waals surface area contributed by atoms with Crippen LogP contribution in [0.3, 0.4) is 0 Å². The smallest absolute Gasteiger partial charge is 0.246 e. The van der Waals surface area contributed by atoms with Crippen molar-refractivity contribution in [3.63, 3.8) is 0 Å². The van der Waals surface area contributed by atoms with Gasteiger partial charge in [0.05, 0.1) is 17.4 Å². The normalized spacial score (nSPS) is 15.9. The van der Waals surface area contributed by atoms with E-state index in [9.17, 15) is 8.42 Å². The Morgan fingerprint density at radius 3 is 2.33 bits per heavy atom. The van der Waals surface area contributed by atoms with Crippen molar-refractivity contribution in [2.75, 3.05) is 25.0 Å². The third-order valence-electron chi connectivity index (χ3n) is 5.70. The van der Waals surface area contributed by atoms with Gasteiger partial charge >= 0.3 is 0 Å². The molecule has 0 bridgehead atoms. The van der Waals surface area contributed by atoms with Gasteiger partial charge in [-0.05, 0) is 26.0 Å². The van der Waals surface area contributed by atoms with Crippen molar-refractivity contribution in [1.82, 2.24) is 33.9 Å². The first-order chi connectivity index (χ1) is 13.9. The highest BCUT2D eigenvalue weighted by atomic mass is 32.2. The maximum atomic E-state index is 13.2. The lowest BCUT2D eigenvalue weighted by molar-refractivity contribution is 0.308. The number of nitrogens with zero attached hydrogens (tertiary/aromatic N) is 8. The minimum atomic E-state index is -3.62. The summed E-state index contributed by atoms with van der Waals surface area (Å²) in [5.41, 5.74) is 1.68. The fourth-order valence-corrected chi connectivity index (χ4v) is 5.49. The highest BCUT2D eigenvalue weighted by Gasteiger charge is 2.39. The van der Waals surface area contributed by atoms with Crippen LogP contribution in [-0.4, -0.2) is 68.5 Å². The van der Waals surface area contributed by atoms with Crippen LogP contribution in [-0.2, 0) is 22.5 Å². The fraction of sp³-hybridized carbons (Fsp3) is 0.579. The molecule has 0 aromatic carbocycles. The zero-order chi connectivity index (χ0) is 22.0. The monoisotopic (exact) mass is 432 g/mol. The van der Waals surface area contributed by atoms with Crippen LogP contribution < -0.4 is 4.90 Å². The second-order valence-corrected chi connectivity index (χ2v) is 10.9. The Bertz CT molecular complexity index is 1220. The lowest BCUT2D eigenvalue weighted by Gasteiger charge is -2.43. The zero-order valence-corrected chi connectivity index (χ0v) is 19.3. The number of sulfonamides is 1. The summed E-state index contributed by atoms with van der Waals surface area (Å²) >= 11 is 0. The second-order valence-electron chi connectivity index (χ2n) is 8.94. The molecule has 3 aromatic heterocycles. The van der Waals surface area contributed by atoms with Crippen LogP contribution >= 0.6 is 0 Å². The van der Waals surface area contributed by atoms with Crippen molar-refractivity contribution in [2.45, 2.75) is 51.0 Å². The van der Waals surface area contributed by atoms with E-state index < -0.39 is 10.0 Å². The highest BCUT2D eigenvalue weighted by molar-refractivity contribution is 7.89. The standard InChI is InChI=1S/C19H28N8O2S/c1-12-17(13(2)24(6)22-12)30(28,29)25(7)14-10-26(11-14)16-9-8-15-20-21-18(19(3,4)5)27(15)23-16/h8-9,14H,10-11H2,1-7H3. The molecule has 4 heterocycles. The number of fused-ring (bicyclic) bond motifs is 1. The minimum absolute atomic E-state index is 0.130. The zero-order valence-electron chi connectivity index (χ0n) is 18.4. The minimum Gasteiger partial charge on any atom is -0.352 e. The van der Waals surface area contributed by atoms with E-state index in [1.54, 1.807) is 37.1 Å². The molecule has 0 spiro atoms. The molecule has 30 heavy (non-hydrogen) atoms. The Hall–Kier alpha value is -2.53. The van der Waals surface area contributed by atoms with Gasteiger partial charge in [-0.25, -0.2) is 8.42 Å². The van der Waals surface area contributed by atoms with Crippen molar-refractivity contribution in [3.05, 3.63) is 29.3 Å². The summed E-state index contributed by atoms with van der Waals surface area (Å²) in [6.07, 6.45) is 0. The summed E-state index contributed by atoms with van der Waals surface area (Å²) in [5, 5.41) is 17.4. The van der Waals surface area contributed by atoms with Gasteiger partial charge in [-0.3, -0.25) is 4.68 Å². The lowest BCUT2D eigenvalue weighted by Crippen LogP contribution is -2.60. The first-order valence-electron chi connectivity index (χ1n) is 9.87. The molecule has 0 radical (unpaired) electrons. The largest absolute Gasteiger partial charge is 0.352 e. The van der Waals surface area contributed by atoms with E-state index in [-0.39, 0.29) is 11.5 Å². The summed E-state index contributed by atoms with van der Waals surface area (Å²) < 4.78 is 31.2. The number of anilines is 1. The van der Waals surface area contributed by atoms with E-state index in [0.29, 0.717) is 35.0 Å². The quantitative estimate of drug-likeness (QED) is 0.612. The number of aryl methyl sites for hydroxylation is 2. The molecule has 0 amide bonds. The van der Waals surface area contributed by atoms with Crippen molar-refractivity contribution in [1.29, 1.82) is 0 Å². The third kappa shape index (κ3) is 3.16. The molecule has 0 saturated carbocycles. The van der Waals surface area contributed by atoms with E-state index in [1.807, 2.05) is 12.1 Å². The molecule has 3 aromatic rings. The van der Waals surface area contributed by atoms with Gasteiger partial charge in [-0.2, -0.15) is 13.9 Å². The summed E-state index contributed by atoms with van der Waals surface area (Å²) in [5.74, 6) is 1.57. The van der Waals surface area contributed by atoms with Crippen molar-refractivity contribution in [2.24, 2.45) is 7.05 Å². The third-order valence-corrected chi connectivity index (χ3v) is 7.86. The van der Waals surface area contributed by atoms with Gasteiger partial charge in [0.2, 0.25) is 10.0 Å². The summed E-state index contributed by atoms with van der Waals surface area (Å²) in [6, 6.07) is 3.66. The fourth-order valence-electron chi connectivity index (χ4n) is 3.76. The molecular weight excluding hydrogens is 404 g/mol. The molecule has 1 aliphatic rings. The van der Waals surface area contributed by atoms with Crippen LogP contribution in [0.1, 0.15) is 38.0 Å². The van der Waals surface area contributed by atoms with E-state index in [1.165, 1.54) is 4.31 Å². The SMILES string of the molecule is Cc1nn(C)c(C)c1S(=O)(=O)N(C)C1CN(c2ccc3nnc(C(C)(C)C)n3n2)C1. The Labute approximate surface area is 176 Å². The molecule has 0 unspecified atom stereocenters. The Kier molecular flexibility index (Phi) is 4.66. The number of likely N-dealkylation sites (N-methyl/N-ethyl adjacent to an activating group) is 1. The molecule has 1 fully saturated rings. The average molecular weight is 433 g/mol. The number of rotatable bonds is 4. The summed E-state index contributed by atoms with van der Waals surface area (Å²) in [4.78, 5) is 2.36. The number of hydrogen-bond acceptors (Lipinski definition) is 7. The van der Waals surface area contributed by atoms with E-state index in [2.05, 4.69) is 41.0 Å². The first kappa shape index (κ1) is 20.7. The van der Waals surface area contributed by atoms with Gasteiger partial charge in [0.1, 0.15) is 10.7 Å². The number of aromatic nitrogens is 6. The van der Waals surface area contributed by atoms with Gasteiger partial charge in [0, 0.05) is 32.6 Å². The summed E-state index contributed by atoms with van der Waals surface area (Å²) in [7, 11) is -0.228. The molecule has 0 aliphatic carbocycles. The molecule has 0 N–H and O–H groups in total. The molecule has 4 rings (SSSR count). The van der Waals surface area contributed by atoms with Gasteiger partial charge in [0.25, 0.3) is 0 Å². The average Bonchev–Trinajstić information content (AvgIpc) is 3.13. The molecule has 0 atom stereocenters. The van der Waals surface area contributed by atoms with Crippen LogP contribution in [0, 0.1) is 13.8 Å². The predicted molar refractivity (Wildman–Crippen MR) is 113 cm³/mol. The molecule has 11 heteroatoms. The van der Waals surface area contributed by atoms with Crippen LogP contribution in [0.4, 0.5) is 5.82 Å². The predicted octanol–water partition coefficient (Wildman–Crippen LogP) is 1.28. The van der Waals surface area contributed by atoms with E-state index >= 15 is 0 Å². The Morgan fingerprint density at radius 1 is 1.10 bits per heavy atom. The molecule has 10 nitrogen and oxygen atoms in total. The highest BCUT2D eigenvalue weighted by Crippen LogP contribution is 2.29. The molecule has 1 aliphatic heterocycles. The Balaban J connectivity index is 1.55. The van der Waals surface area contributed by atoms with Crippen molar-refractivity contribution >= 4 is 21.5 Å². The van der Waals surface area contributed by atoms with Gasteiger partial charge in [0.15, 0.2) is 11.5 Å². The topological polar surface area (TPSA) is 102 Å². The first-order valence-corrected chi connectivity index (χ1v) is 11.3. The summed E-state index contributed by atoms with van der Waals surface area (Å²) in [6.45, 7) is 10.9. The maximum Gasteiger partial charge on any atom is 0.246 e. The van der Waals surface area contributed by atoms with Crippen LogP contribution in [0.25, 0.3) is 5.65 Å². The van der Waals surface area contributed by atoms with Crippen LogP contribution in [0.15, 0.2) is 17.0 Å². The lowest BCUT2D eigenvalue weighted by atomic mass is 9.96. The second kappa shape index (κ2) is 6.74. The van der Waals surface area contributed by atoms with Crippen molar-refractivity contribution in [3.8, 4) is 0 Å². The van der Waals surface area contributed by atoms with E-state index in [4.69, 9.17) is 5.10 Å². The van der Waals surface area contributed by atoms with Crippen LogP contribution in [0.5, 0.6) is 0 Å². The van der Waals surface area contributed by atoms with E-state index in [0.717, 1.165) is 11.6 Å². The van der Waals surface area contributed by atoms with Gasteiger partial charge in [-0.15, -0.1) is 15.3 Å². The molecule has 162 valence electrons. The Morgan fingerprint density at radius 2 is 1.77 bits per heavy atom. The number of hydrogen-bond donors (Lipinski definition) is 0. The van der Waals surface area contributed by atoms with Gasteiger partial charge < -0.3 is 4.90 Å². The van der Waals surface area contributed by atoms with Gasteiger partial charge in [-0.1, -0.05) is 20.8 Å². The maximum absolute atomic E-state index is 13.2. The van der Waals surface area contributed by atoms with Crippen molar-refractivity contribution < 1.29 is 8.42 Å². The molecular formula is C19H28N8O2S. The molecule has 1 saturated heterocycles.